The van der Waals surface area contributed by atoms with Crippen LogP contribution in [0.15, 0.2) is 18.5 Å². The quantitative estimate of drug-likeness (QED) is 0.890. The maximum atomic E-state index is 12.5. The SMILES string of the molecule is C[C@H](Cn1cccn1)NC1CCN(C(=O)N2CCOCC2)CC1. The number of rotatable bonds is 4. The van der Waals surface area contributed by atoms with Crippen LogP contribution in [0.25, 0.3) is 0 Å². The highest BCUT2D eigenvalue weighted by Crippen LogP contribution is 2.14. The van der Waals surface area contributed by atoms with Crippen molar-refractivity contribution in [2.45, 2.75) is 38.4 Å². The first-order valence-electron chi connectivity index (χ1n) is 8.57. The Kier molecular flexibility index (Phi) is 5.51. The fourth-order valence-corrected chi connectivity index (χ4v) is 3.34. The second-order valence-corrected chi connectivity index (χ2v) is 6.44. The summed E-state index contributed by atoms with van der Waals surface area (Å²) in [5, 5.41) is 7.91. The molecule has 1 aromatic heterocycles. The van der Waals surface area contributed by atoms with Crippen LogP contribution in [0.4, 0.5) is 4.79 Å². The normalized spacial score (nSPS) is 21.4. The fourth-order valence-electron chi connectivity index (χ4n) is 3.34. The molecule has 0 spiro atoms. The summed E-state index contributed by atoms with van der Waals surface area (Å²) in [6.07, 6.45) is 5.82. The number of amides is 2. The van der Waals surface area contributed by atoms with Gasteiger partial charge in [0.2, 0.25) is 0 Å². The van der Waals surface area contributed by atoms with Gasteiger partial charge in [-0.3, -0.25) is 4.68 Å². The highest BCUT2D eigenvalue weighted by Gasteiger charge is 2.27. The number of hydrogen-bond donors (Lipinski definition) is 1. The number of urea groups is 1. The molecule has 3 heterocycles. The molecule has 128 valence electrons. The van der Waals surface area contributed by atoms with Crippen LogP contribution in [0.3, 0.4) is 0 Å². The Morgan fingerprint density at radius 3 is 2.61 bits per heavy atom. The van der Waals surface area contributed by atoms with Gasteiger partial charge in [0.05, 0.1) is 19.8 Å². The molecule has 0 unspecified atom stereocenters. The monoisotopic (exact) mass is 321 g/mol. The Balaban J connectivity index is 1.40. The Hall–Kier alpha value is -1.60. The first-order valence-corrected chi connectivity index (χ1v) is 8.57. The molecule has 3 rings (SSSR count). The molecule has 2 amide bonds. The molecule has 0 saturated carbocycles. The number of nitrogens with zero attached hydrogens (tertiary/aromatic N) is 4. The molecule has 7 nitrogen and oxygen atoms in total. The topological polar surface area (TPSA) is 62.6 Å². The third-order valence-corrected chi connectivity index (χ3v) is 4.59. The van der Waals surface area contributed by atoms with Gasteiger partial charge in [0.25, 0.3) is 0 Å². The van der Waals surface area contributed by atoms with E-state index < -0.39 is 0 Å². The highest BCUT2D eigenvalue weighted by molar-refractivity contribution is 5.74. The van der Waals surface area contributed by atoms with Crippen LogP contribution in [0, 0.1) is 0 Å². The minimum Gasteiger partial charge on any atom is -0.378 e. The second kappa shape index (κ2) is 7.79. The molecule has 23 heavy (non-hydrogen) atoms. The molecular weight excluding hydrogens is 294 g/mol. The van der Waals surface area contributed by atoms with E-state index in [1.807, 2.05) is 32.9 Å². The zero-order chi connectivity index (χ0) is 16.1. The predicted molar refractivity (Wildman–Crippen MR) is 87.2 cm³/mol. The molecule has 2 aliphatic heterocycles. The van der Waals surface area contributed by atoms with Crippen molar-refractivity contribution in [3.05, 3.63) is 18.5 Å². The summed E-state index contributed by atoms with van der Waals surface area (Å²) in [4.78, 5) is 16.4. The van der Waals surface area contributed by atoms with Crippen LogP contribution in [0.1, 0.15) is 19.8 Å². The van der Waals surface area contributed by atoms with Crippen molar-refractivity contribution in [3.8, 4) is 0 Å². The van der Waals surface area contributed by atoms with Gasteiger partial charge in [-0.1, -0.05) is 0 Å². The van der Waals surface area contributed by atoms with Gasteiger partial charge >= 0.3 is 6.03 Å². The highest BCUT2D eigenvalue weighted by atomic mass is 16.5. The number of hydrogen-bond acceptors (Lipinski definition) is 4. The number of carbonyl (C=O) groups is 1. The summed E-state index contributed by atoms with van der Waals surface area (Å²) < 4.78 is 7.26. The Bertz CT molecular complexity index is 479. The van der Waals surface area contributed by atoms with Gasteiger partial charge in [-0.25, -0.2) is 4.79 Å². The van der Waals surface area contributed by atoms with E-state index in [9.17, 15) is 4.79 Å². The van der Waals surface area contributed by atoms with Crippen molar-refractivity contribution < 1.29 is 9.53 Å². The maximum Gasteiger partial charge on any atom is 0.320 e. The molecule has 0 radical (unpaired) electrons. The van der Waals surface area contributed by atoms with Crippen molar-refractivity contribution in [1.82, 2.24) is 24.9 Å². The van der Waals surface area contributed by atoms with E-state index in [1.54, 1.807) is 0 Å². The van der Waals surface area contributed by atoms with E-state index in [0.29, 0.717) is 25.3 Å². The van der Waals surface area contributed by atoms with E-state index in [2.05, 4.69) is 17.3 Å². The molecule has 2 aliphatic rings. The molecule has 1 N–H and O–H groups in total. The second-order valence-electron chi connectivity index (χ2n) is 6.44. The van der Waals surface area contributed by atoms with Crippen LogP contribution >= 0.6 is 0 Å². The molecule has 1 atom stereocenters. The van der Waals surface area contributed by atoms with E-state index in [1.165, 1.54) is 0 Å². The maximum absolute atomic E-state index is 12.5. The van der Waals surface area contributed by atoms with Gasteiger partial charge < -0.3 is 19.9 Å². The average Bonchev–Trinajstić information content (AvgIpc) is 3.08. The minimum absolute atomic E-state index is 0.177. The van der Waals surface area contributed by atoms with Crippen LogP contribution in [-0.4, -0.2) is 77.1 Å². The minimum atomic E-state index is 0.177. The van der Waals surface area contributed by atoms with Crippen molar-refractivity contribution in [2.24, 2.45) is 0 Å². The first kappa shape index (κ1) is 16.3. The zero-order valence-electron chi connectivity index (χ0n) is 13.9. The first-order chi connectivity index (χ1) is 11.2. The van der Waals surface area contributed by atoms with Gasteiger partial charge in [0.15, 0.2) is 0 Å². The van der Waals surface area contributed by atoms with E-state index in [4.69, 9.17) is 4.74 Å². The van der Waals surface area contributed by atoms with Gasteiger partial charge in [0, 0.05) is 50.7 Å². The lowest BCUT2D eigenvalue weighted by atomic mass is 10.0. The van der Waals surface area contributed by atoms with E-state index in [0.717, 1.165) is 45.6 Å². The molecule has 1 aromatic rings. The van der Waals surface area contributed by atoms with Gasteiger partial charge in [-0.15, -0.1) is 0 Å². The zero-order valence-corrected chi connectivity index (χ0v) is 13.9. The molecular formula is C16H27N5O2. The van der Waals surface area contributed by atoms with Crippen LogP contribution in [-0.2, 0) is 11.3 Å². The number of nitrogens with one attached hydrogen (secondary N) is 1. The van der Waals surface area contributed by atoms with Gasteiger partial charge in [-0.05, 0) is 25.8 Å². The Morgan fingerprint density at radius 1 is 1.26 bits per heavy atom. The molecule has 2 fully saturated rings. The van der Waals surface area contributed by atoms with Crippen molar-refractivity contribution >= 4 is 6.03 Å². The summed E-state index contributed by atoms with van der Waals surface area (Å²) in [5.74, 6) is 0. The third-order valence-electron chi connectivity index (χ3n) is 4.59. The summed E-state index contributed by atoms with van der Waals surface area (Å²) in [7, 11) is 0. The average molecular weight is 321 g/mol. The Labute approximate surface area is 137 Å². The van der Waals surface area contributed by atoms with Crippen LogP contribution in [0.2, 0.25) is 0 Å². The number of aromatic nitrogens is 2. The van der Waals surface area contributed by atoms with Crippen LogP contribution in [0.5, 0.6) is 0 Å². The number of piperidine rings is 1. The van der Waals surface area contributed by atoms with Crippen molar-refractivity contribution in [1.29, 1.82) is 0 Å². The summed E-state index contributed by atoms with van der Waals surface area (Å²) in [6, 6.07) is 2.98. The smallest absolute Gasteiger partial charge is 0.320 e. The lowest BCUT2D eigenvalue weighted by molar-refractivity contribution is 0.0406. The fraction of sp³-hybridized carbons (Fsp3) is 0.750. The molecule has 0 bridgehead atoms. The van der Waals surface area contributed by atoms with Gasteiger partial charge in [0.1, 0.15) is 0 Å². The summed E-state index contributed by atoms with van der Waals surface area (Å²) in [6.45, 7) is 7.50. The standard InChI is InChI=1S/C16H27N5O2/c1-14(13-21-6-2-5-17-21)18-15-3-7-19(8-4-15)16(22)20-9-11-23-12-10-20/h2,5-6,14-15,18H,3-4,7-13H2,1H3/t14-/m1/s1. The summed E-state index contributed by atoms with van der Waals surface area (Å²) >= 11 is 0. The lowest BCUT2D eigenvalue weighted by Crippen LogP contribution is -2.53. The number of carbonyl (C=O) groups excluding carboxylic acids is 1. The van der Waals surface area contributed by atoms with E-state index >= 15 is 0 Å². The van der Waals surface area contributed by atoms with Crippen molar-refractivity contribution in [2.75, 3.05) is 39.4 Å². The van der Waals surface area contributed by atoms with E-state index in [-0.39, 0.29) is 6.03 Å². The van der Waals surface area contributed by atoms with Gasteiger partial charge in [-0.2, -0.15) is 5.10 Å². The number of likely N-dealkylation sites (tertiary alicyclic amines) is 1. The molecule has 7 heteroatoms. The number of morpholine rings is 1. The Morgan fingerprint density at radius 2 is 1.96 bits per heavy atom. The molecule has 2 saturated heterocycles. The third kappa shape index (κ3) is 4.45. The molecule has 0 aromatic carbocycles. The molecule has 0 aliphatic carbocycles. The van der Waals surface area contributed by atoms with Crippen molar-refractivity contribution in [3.63, 3.8) is 0 Å². The predicted octanol–water partition coefficient (Wildman–Crippen LogP) is 0.778. The largest absolute Gasteiger partial charge is 0.378 e. The number of ether oxygens (including phenoxy) is 1. The lowest BCUT2D eigenvalue weighted by Gasteiger charge is -2.38. The van der Waals surface area contributed by atoms with Crippen LogP contribution < -0.4 is 5.32 Å². The summed E-state index contributed by atoms with van der Waals surface area (Å²) in [5.41, 5.74) is 0.